The molecule has 2 saturated heterocycles. The highest BCUT2D eigenvalue weighted by Crippen LogP contribution is 2.39. The van der Waals surface area contributed by atoms with E-state index >= 15 is 0 Å². The molecule has 0 spiro atoms. The van der Waals surface area contributed by atoms with Crippen molar-refractivity contribution in [1.82, 2.24) is 20.1 Å². The second-order valence-electron chi connectivity index (χ2n) is 9.99. The molecule has 3 aliphatic rings. The first-order chi connectivity index (χ1) is 17.7. The van der Waals surface area contributed by atoms with Crippen LogP contribution in [0.4, 0.5) is 5.69 Å². The summed E-state index contributed by atoms with van der Waals surface area (Å²) in [6.45, 7) is 4.62. The van der Waals surface area contributed by atoms with Gasteiger partial charge in [-0.15, -0.1) is 11.8 Å². The van der Waals surface area contributed by atoms with Crippen molar-refractivity contribution in [3.8, 4) is 0 Å². The smallest absolute Gasteiger partial charge is 0.240 e. The number of para-hydroxylation sites is 1. The molecule has 1 N–H and O–H groups in total. The second kappa shape index (κ2) is 10.2. The van der Waals surface area contributed by atoms with Gasteiger partial charge in [-0.05, 0) is 40.8 Å². The van der Waals surface area contributed by atoms with Gasteiger partial charge in [0, 0.05) is 63.6 Å². The van der Waals surface area contributed by atoms with Crippen molar-refractivity contribution in [2.45, 2.75) is 23.9 Å². The molecule has 4 heterocycles. The van der Waals surface area contributed by atoms with Crippen molar-refractivity contribution in [3.05, 3.63) is 95.3 Å². The zero-order chi connectivity index (χ0) is 24.5. The molecule has 6 nitrogen and oxygen atoms in total. The third-order valence-corrected chi connectivity index (χ3v) is 9.02. The van der Waals surface area contributed by atoms with Gasteiger partial charge in [0.2, 0.25) is 5.91 Å². The zero-order valence-electron chi connectivity index (χ0n) is 20.7. The van der Waals surface area contributed by atoms with Crippen LogP contribution in [0.3, 0.4) is 0 Å². The van der Waals surface area contributed by atoms with E-state index in [-0.39, 0.29) is 17.3 Å². The van der Waals surface area contributed by atoms with Crippen molar-refractivity contribution in [1.29, 1.82) is 0 Å². The molecule has 36 heavy (non-hydrogen) atoms. The van der Waals surface area contributed by atoms with Gasteiger partial charge in [0.25, 0.3) is 0 Å². The Bertz CT molecular complexity index is 1220. The molecule has 2 fully saturated rings. The maximum absolute atomic E-state index is 13.2. The fourth-order valence-corrected chi connectivity index (χ4v) is 6.98. The van der Waals surface area contributed by atoms with E-state index in [2.05, 4.69) is 74.7 Å². The minimum atomic E-state index is -0.146. The number of aromatic nitrogens is 1. The average molecular weight is 500 g/mol. The quantitative estimate of drug-likeness (QED) is 0.578. The maximum Gasteiger partial charge on any atom is 0.240 e. The number of anilines is 1. The number of carbonyl (C=O) groups is 1. The molecule has 3 unspecified atom stereocenters. The van der Waals surface area contributed by atoms with Gasteiger partial charge in [-0.3, -0.25) is 20.0 Å². The number of carbonyl (C=O) groups excluding carboxylic acids is 1. The second-order valence-corrected chi connectivity index (χ2v) is 11.1. The summed E-state index contributed by atoms with van der Waals surface area (Å²) in [7, 11) is 1.94. The van der Waals surface area contributed by atoms with Gasteiger partial charge in [0.1, 0.15) is 0 Å². The lowest BCUT2D eigenvalue weighted by atomic mass is 9.96. The summed E-state index contributed by atoms with van der Waals surface area (Å²) in [4.78, 5) is 24.4. The zero-order valence-corrected chi connectivity index (χ0v) is 21.5. The van der Waals surface area contributed by atoms with Crippen molar-refractivity contribution in [2.24, 2.45) is 0 Å². The molecule has 0 saturated carbocycles. The normalized spacial score (nSPS) is 23.4. The fourth-order valence-electron chi connectivity index (χ4n) is 5.77. The SMILES string of the molecule is CN(CCN1CCN2c3ccccc3Cc3ccccc3C2C1)C(=O)C1CSC(c2cccnc2)N1. The third kappa shape index (κ3) is 4.63. The number of rotatable bonds is 5. The number of piperazine rings is 1. The molecule has 0 bridgehead atoms. The average Bonchev–Trinajstić information content (AvgIpc) is 3.38. The highest BCUT2D eigenvalue weighted by Gasteiger charge is 2.35. The summed E-state index contributed by atoms with van der Waals surface area (Å²) in [6.07, 6.45) is 4.65. The Balaban J connectivity index is 1.09. The van der Waals surface area contributed by atoms with Gasteiger partial charge < -0.3 is 9.80 Å². The molecule has 3 aliphatic heterocycles. The Labute approximate surface area is 217 Å². The van der Waals surface area contributed by atoms with Crippen molar-refractivity contribution in [2.75, 3.05) is 50.4 Å². The highest BCUT2D eigenvalue weighted by atomic mass is 32.2. The van der Waals surface area contributed by atoms with Crippen LogP contribution in [0, 0.1) is 0 Å². The Kier molecular flexibility index (Phi) is 6.69. The lowest BCUT2D eigenvalue weighted by Crippen LogP contribution is -2.51. The minimum Gasteiger partial charge on any atom is -0.362 e. The molecule has 6 rings (SSSR count). The van der Waals surface area contributed by atoms with Crippen LogP contribution in [0.1, 0.15) is 33.7 Å². The highest BCUT2D eigenvalue weighted by molar-refractivity contribution is 7.99. The molecule has 3 atom stereocenters. The van der Waals surface area contributed by atoms with Crippen LogP contribution in [0.5, 0.6) is 0 Å². The molecular formula is C29H33N5OS. The van der Waals surface area contributed by atoms with Crippen LogP contribution < -0.4 is 10.2 Å². The summed E-state index contributed by atoms with van der Waals surface area (Å²) in [5.41, 5.74) is 6.79. The molecule has 3 aromatic rings. The van der Waals surface area contributed by atoms with Crippen LogP contribution >= 0.6 is 11.8 Å². The summed E-state index contributed by atoms with van der Waals surface area (Å²) >= 11 is 1.78. The summed E-state index contributed by atoms with van der Waals surface area (Å²) in [6, 6.07) is 22.0. The number of hydrogen-bond donors (Lipinski definition) is 1. The standard InChI is InChI=1S/C29H33N5OS/c1-32(29(35)25-20-36-28(31-25)23-9-6-12-30-18-23)13-14-33-15-16-34-26-11-5-3-8-22(26)17-21-7-2-4-10-24(21)27(34)19-33/h2-12,18,25,27-28,31H,13-17,19-20H2,1H3. The number of hydrogen-bond acceptors (Lipinski definition) is 6. The Morgan fingerprint density at radius 2 is 1.92 bits per heavy atom. The van der Waals surface area contributed by atoms with Crippen molar-refractivity contribution >= 4 is 23.4 Å². The van der Waals surface area contributed by atoms with Crippen LogP contribution in [0.25, 0.3) is 0 Å². The number of benzene rings is 2. The van der Waals surface area contributed by atoms with Gasteiger partial charge in [0.05, 0.1) is 17.5 Å². The van der Waals surface area contributed by atoms with Crippen molar-refractivity contribution < 1.29 is 4.79 Å². The maximum atomic E-state index is 13.2. The minimum absolute atomic E-state index is 0.132. The first-order valence-electron chi connectivity index (χ1n) is 12.8. The number of amides is 1. The van der Waals surface area contributed by atoms with E-state index in [0.29, 0.717) is 6.04 Å². The van der Waals surface area contributed by atoms with Gasteiger partial charge in [-0.2, -0.15) is 0 Å². The van der Waals surface area contributed by atoms with E-state index < -0.39 is 0 Å². The van der Waals surface area contributed by atoms with Crippen LogP contribution in [0.2, 0.25) is 0 Å². The summed E-state index contributed by atoms with van der Waals surface area (Å²) < 4.78 is 0. The molecule has 0 aliphatic carbocycles. The van der Waals surface area contributed by atoms with E-state index in [0.717, 1.165) is 50.5 Å². The monoisotopic (exact) mass is 499 g/mol. The Morgan fingerprint density at radius 1 is 1.08 bits per heavy atom. The number of fused-ring (bicyclic) bond motifs is 5. The Morgan fingerprint density at radius 3 is 2.78 bits per heavy atom. The molecule has 1 aromatic heterocycles. The molecule has 0 radical (unpaired) electrons. The number of nitrogens with zero attached hydrogens (tertiary/aromatic N) is 4. The number of pyridine rings is 1. The van der Waals surface area contributed by atoms with E-state index in [9.17, 15) is 4.79 Å². The number of nitrogens with one attached hydrogen (secondary N) is 1. The predicted molar refractivity (Wildman–Crippen MR) is 146 cm³/mol. The lowest BCUT2D eigenvalue weighted by Gasteiger charge is -2.43. The van der Waals surface area contributed by atoms with Gasteiger partial charge >= 0.3 is 0 Å². The topological polar surface area (TPSA) is 51.7 Å². The predicted octanol–water partition coefficient (Wildman–Crippen LogP) is 3.71. The van der Waals surface area contributed by atoms with Crippen LogP contribution in [0.15, 0.2) is 73.1 Å². The molecular weight excluding hydrogens is 466 g/mol. The fraction of sp³-hybridized carbons (Fsp3) is 0.379. The van der Waals surface area contributed by atoms with E-state index in [1.54, 1.807) is 18.0 Å². The van der Waals surface area contributed by atoms with E-state index in [4.69, 9.17) is 0 Å². The van der Waals surface area contributed by atoms with Crippen LogP contribution in [-0.4, -0.2) is 72.3 Å². The summed E-state index contributed by atoms with van der Waals surface area (Å²) in [5, 5.41) is 3.63. The van der Waals surface area contributed by atoms with Gasteiger partial charge in [0.15, 0.2) is 0 Å². The van der Waals surface area contributed by atoms with Crippen LogP contribution in [-0.2, 0) is 11.2 Å². The first kappa shape index (κ1) is 23.5. The molecule has 2 aromatic carbocycles. The largest absolute Gasteiger partial charge is 0.362 e. The van der Waals surface area contributed by atoms with E-state index in [1.807, 2.05) is 24.2 Å². The molecule has 7 heteroatoms. The van der Waals surface area contributed by atoms with Gasteiger partial charge in [-0.1, -0.05) is 48.5 Å². The lowest BCUT2D eigenvalue weighted by molar-refractivity contribution is -0.131. The Hall–Kier alpha value is -2.87. The van der Waals surface area contributed by atoms with Crippen molar-refractivity contribution in [3.63, 3.8) is 0 Å². The van der Waals surface area contributed by atoms with E-state index in [1.165, 1.54) is 22.4 Å². The van der Waals surface area contributed by atoms with Gasteiger partial charge in [-0.25, -0.2) is 0 Å². The third-order valence-electron chi connectivity index (χ3n) is 7.76. The molecule has 186 valence electrons. The molecule has 1 amide bonds. The summed E-state index contributed by atoms with van der Waals surface area (Å²) in [5.74, 6) is 0.973. The number of likely N-dealkylation sites (N-methyl/N-ethyl adjacent to an activating group) is 1. The number of thioether (sulfide) groups is 1. The first-order valence-corrected chi connectivity index (χ1v) is 13.9.